The van der Waals surface area contributed by atoms with Crippen LogP contribution in [0.2, 0.25) is 0 Å². The summed E-state index contributed by atoms with van der Waals surface area (Å²) < 4.78 is 114. The molecule has 3 aromatic carbocycles. The molecule has 2 unspecified atom stereocenters. The highest BCUT2D eigenvalue weighted by Gasteiger charge is 2.37. The molecule has 8 rings (SSSR count). The Bertz CT molecular complexity index is 3220. The number of carbonyl (C=O) groups is 2. The van der Waals surface area contributed by atoms with Gasteiger partial charge in [-0.25, -0.2) is 26.1 Å². The van der Waals surface area contributed by atoms with Crippen LogP contribution in [-0.4, -0.2) is 92.0 Å². The smallest absolute Gasteiger partial charge is 0.305 e. The molecular weight excluding hydrogens is 1180 g/mol. The van der Waals surface area contributed by atoms with Crippen molar-refractivity contribution in [2.45, 2.75) is 261 Å². The number of Topliss-reactive ketones (excluding diaryl/α,β-unsaturated/α-hetero) is 1. The number of ether oxygens (including phenoxy) is 3. The largest absolute Gasteiger partial charge is 0.756 e. The van der Waals surface area contributed by atoms with Crippen LogP contribution in [0.4, 0.5) is 5.69 Å². The number of esters is 1. The lowest BCUT2D eigenvalue weighted by molar-refractivity contribution is -0.235. The van der Waals surface area contributed by atoms with Gasteiger partial charge in [-0.1, -0.05) is 174 Å². The van der Waals surface area contributed by atoms with Gasteiger partial charge in [0.05, 0.1) is 22.0 Å². The Morgan fingerprint density at radius 2 is 1.22 bits per heavy atom. The lowest BCUT2D eigenvalue weighted by atomic mass is 9.82. The quantitative estimate of drug-likeness (QED) is 0.0108. The Morgan fingerprint density at radius 1 is 0.659 bits per heavy atom. The predicted octanol–water partition coefficient (Wildman–Crippen LogP) is 12.2. The number of unbranched alkanes of at least 4 members (excludes halogenated alkanes) is 24. The molecule has 2 atom stereocenters. The van der Waals surface area contributed by atoms with Gasteiger partial charge in [0.25, 0.3) is 7.82 Å². The number of sulfonamides is 1. The third-order valence-electron chi connectivity index (χ3n) is 18.4. The second kappa shape index (κ2) is 35.1. The third kappa shape index (κ3) is 20.0. The Hall–Kier alpha value is -4.04. The van der Waals surface area contributed by atoms with Crippen molar-refractivity contribution in [2.24, 2.45) is 0 Å². The lowest BCUT2D eigenvalue weighted by Crippen LogP contribution is -2.45. The highest BCUT2D eigenvalue weighted by molar-refractivity contribution is 7.89. The van der Waals surface area contributed by atoms with Crippen molar-refractivity contribution in [3.8, 4) is 11.5 Å². The van der Waals surface area contributed by atoms with Crippen LogP contribution in [-0.2, 0) is 78.5 Å². The number of aryl methyl sites for hydroxylation is 2. The van der Waals surface area contributed by atoms with Crippen LogP contribution in [0.1, 0.15) is 253 Å². The molecule has 17 nitrogen and oxygen atoms in total. The van der Waals surface area contributed by atoms with Gasteiger partial charge in [-0.2, -0.15) is 0 Å². The zero-order valence-electron chi connectivity index (χ0n) is 53.0. The molecule has 5 heterocycles. The number of anilines is 1. The molecule has 20 heteroatoms. The average Bonchev–Trinajstić information content (AvgIpc) is 0.748. The van der Waals surface area contributed by atoms with Crippen LogP contribution in [0.15, 0.2) is 40.1 Å². The summed E-state index contributed by atoms with van der Waals surface area (Å²) >= 11 is 0. The first-order valence-electron chi connectivity index (χ1n) is 34.0. The van der Waals surface area contributed by atoms with Crippen molar-refractivity contribution in [3.05, 3.63) is 74.3 Å². The predicted molar refractivity (Wildman–Crippen MR) is 341 cm³/mol. The molecule has 5 aliphatic rings. The summed E-state index contributed by atoms with van der Waals surface area (Å²) in [5, 5.41) is 1.83. The van der Waals surface area contributed by atoms with Gasteiger partial charge in [0.15, 0.2) is 18.7 Å². The maximum Gasteiger partial charge on any atom is 0.305 e. The first kappa shape index (κ1) is 69.8. The molecule has 3 aromatic rings. The number of hydrogen-bond donors (Lipinski definition) is 1. The summed E-state index contributed by atoms with van der Waals surface area (Å²) in [4.78, 5) is 40.5. The van der Waals surface area contributed by atoms with Crippen LogP contribution in [0.5, 0.6) is 11.5 Å². The molecule has 0 aromatic heterocycles. The number of phosphoric acid groups is 1. The molecule has 0 amide bonds. The van der Waals surface area contributed by atoms with E-state index in [-0.39, 0.29) is 24.2 Å². The molecule has 0 fully saturated rings. The van der Waals surface area contributed by atoms with Crippen LogP contribution in [0.25, 0.3) is 5.57 Å². The number of rotatable bonds is 43. The van der Waals surface area contributed by atoms with E-state index in [1.807, 2.05) is 0 Å². The number of fused-ring (bicyclic) bond motifs is 4. The van der Waals surface area contributed by atoms with E-state index in [9.17, 15) is 40.4 Å². The standard InChI is InChI=1S/C68H102N3O14PS2/c1-3-5-7-9-11-13-15-17-19-21-23-25-27-37-60(72)61(50-81-63(73)38-28-26-24-22-20-18-16-14-12-10-8-6-4-2)82-51-84-86(74,75)83-46-41-69-87(76,77)54-39-40-55(62(49-54)88(78,79)80)64-58-47-52-33-29-42-70-44-31-35-56(65(52)70)67(58)85-68-57-36-32-45-71-43-30-34-53(66(57)71)48-59(64)68/h39-40,47-49,61,69H,3-38,41-46,50-51H2,1-2H3,(H-,74,75,78,79,80)/p-1. The van der Waals surface area contributed by atoms with Gasteiger partial charge in [0, 0.05) is 84.1 Å². The van der Waals surface area contributed by atoms with E-state index in [4.69, 9.17) is 23.3 Å². The molecule has 0 bridgehead atoms. The fourth-order valence-corrected chi connectivity index (χ4v) is 16.2. The normalized spacial score (nSPS) is 16.3. The van der Waals surface area contributed by atoms with E-state index in [0.717, 1.165) is 162 Å². The lowest BCUT2D eigenvalue weighted by Gasteiger charge is -2.39. The minimum absolute atomic E-state index is 0.0627. The van der Waals surface area contributed by atoms with E-state index in [1.165, 1.54) is 121 Å². The van der Waals surface area contributed by atoms with Crippen molar-refractivity contribution in [1.82, 2.24) is 9.30 Å². The second-order valence-electron chi connectivity index (χ2n) is 25.2. The Morgan fingerprint density at radius 3 is 1.83 bits per heavy atom. The van der Waals surface area contributed by atoms with Crippen LogP contribution in [0, 0.1) is 0 Å². The van der Waals surface area contributed by atoms with Gasteiger partial charge < -0.3 is 33.1 Å². The first-order chi connectivity index (χ1) is 42.6. The van der Waals surface area contributed by atoms with Gasteiger partial charge in [-0.15, -0.1) is 0 Å². The van der Waals surface area contributed by atoms with E-state index < -0.39 is 76.4 Å². The van der Waals surface area contributed by atoms with Crippen LogP contribution < -0.4 is 34.4 Å². The Kier molecular flexibility index (Phi) is 27.9. The number of ketones is 1. The van der Waals surface area contributed by atoms with Crippen molar-refractivity contribution in [2.75, 3.05) is 57.6 Å². The van der Waals surface area contributed by atoms with Gasteiger partial charge in [0.2, 0.25) is 15.4 Å². The highest BCUT2D eigenvalue weighted by atomic mass is 32.2. The molecule has 0 saturated carbocycles. The van der Waals surface area contributed by atoms with Crippen LogP contribution in [0.3, 0.4) is 0 Å². The van der Waals surface area contributed by atoms with Gasteiger partial charge in [-0.3, -0.25) is 18.7 Å². The summed E-state index contributed by atoms with van der Waals surface area (Å²) in [6.45, 7) is 5.51. The maximum atomic E-state index is 13.9. The monoisotopic (exact) mass is 1280 g/mol. The van der Waals surface area contributed by atoms with E-state index in [2.05, 4.69) is 40.2 Å². The number of carbonyl (C=O) groups excluding carboxylic acids is 2. The van der Waals surface area contributed by atoms with Crippen molar-refractivity contribution >= 4 is 51.0 Å². The molecule has 0 saturated heterocycles. The Labute approximate surface area is 525 Å². The van der Waals surface area contributed by atoms with Gasteiger partial charge in [0.1, 0.15) is 41.3 Å². The highest BCUT2D eigenvalue weighted by Crippen LogP contribution is 2.49. The number of phosphoric ester groups is 1. The first-order valence-corrected chi connectivity index (χ1v) is 38.4. The average molecular weight is 1280 g/mol. The number of nitrogens with zero attached hydrogens (tertiary/aromatic N) is 2. The second-order valence-corrected chi connectivity index (χ2v) is 29.7. The number of benzene rings is 3. The Balaban J connectivity index is 0.863. The molecule has 1 N–H and O–H groups in total. The van der Waals surface area contributed by atoms with E-state index in [0.29, 0.717) is 40.7 Å². The summed E-state index contributed by atoms with van der Waals surface area (Å²) in [5.41, 5.74) is 6.74. The topological polar surface area (TPSA) is 230 Å². The fraction of sp³-hybridized carbons (Fsp3) is 0.691. The fourth-order valence-electron chi connectivity index (χ4n) is 13.8. The number of hydrogen-bond acceptors (Lipinski definition) is 15. The van der Waals surface area contributed by atoms with Crippen LogP contribution >= 0.6 is 7.82 Å². The zero-order valence-corrected chi connectivity index (χ0v) is 55.5. The summed E-state index contributed by atoms with van der Waals surface area (Å²) in [5.74, 6) is 0.457. The molecule has 88 heavy (non-hydrogen) atoms. The number of nitrogens with one attached hydrogen (secondary N) is 1. The summed E-state index contributed by atoms with van der Waals surface area (Å²) in [6.07, 6.45) is 36.0. The SMILES string of the molecule is CCCCCCCCCCCCCCCC(=O)OCC(OCOP(=O)([O-])OCCNS(=O)(=O)c1ccc(C2=c3cc4c5c(c3Oc3c2cc2c6c3CCCN6CCC2)CCC[N+]=5CCC4)c(S(=O)(=O)[O-])c1)C(=O)CCCCCCCCCCCCCCC. The third-order valence-corrected chi connectivity index (χ3v) is 21.6. The molecule has 0 radical (unpaired) electrons. The minimum Gasteiger partial charge on any atom is -0.756 e. The summed E-state index contributed by atoms with van der Waals surface area (Å²) in [6, 6.07) is 7.62. The molecule has 0 spiro atoms. The van der Waals surface area contributed by atoms with Crippen molar-refractivity contribution < 1.29 is 63.7 Å². The summed E-state index contributed by atoms with van der Waals surface area (Å²) in [7, 11) is -15.1. The van der Waals surface area contributed by atoms with Gasteiger partial charge in [-0.05, 0) is 81.2 Å². The minimum atomic E-state index is -5.33. The molecule has 490 valence electrons. The molecule has 5 aliphatic heterocycles. The van der Waals surface area contributed by atoms with Crippen molar-refractivity contribution in [1.29, 1.82) is 0 Å². The van der Waals surface area contributed by atoms with E-state index in [1.54, 1.807) is 0 Å². The zero-order chi connectivity index (χ0) is 62.4. The van der Waals surface area contributed by atoms with Crippen molar-refractivity contribution in [3.63, 3.8) is 0 Å². The molecule has 0 aliphatic carbocycles. The van der Waals surface area contributed by atoms with E-state index >= 15 is 0 Å². The molecular formula is C68H101N3O14PS2-. The van der Waals surface area contributed by atoms with Gasteiger partial charge >= 0.3 is 5.97 Å². The maximum absolute atomic E-state index is 13.9.